The van der Waals surface area contributed by atoms with Gasteiger partial charge in [-0.15, -0.1) is 16.4 Å². The number of hydrogen-bond acceptors (Lipinski definition) is 5. The maximum atomic E-state index is 8.86. The van der Waals surface area contributed by atoms with E-state index in [1.165, 1.54) is 11.1 Å². The number of nitrogens with zero attached hydrogens (tertiary/aromatic N) is 3. The lowest BCUT2D eigenvalue weighted by molar-refractivity contribution is 0.999. The molecule has 0 saturated heterocycles. The zero-order valence-electron chi connectivity index (χ0n) is 8.14. The van der Waals surface area contributed by atoms with E-state index in [4.69, 9.17) is 5.26 Å². The Kier molecular flexibility index (Phi) is 3.49. The van der Waals surface area contributed by atoms with Crippen molar-refractivity contribution in [2.24, 2.45) is 0 Å². The van der Waals surface area contributed by atoms with Crippen molar-refractivity contribution in [1.82, 2.24) is 10.2 Å². The van der Waals surface area contributed by atoms with Gasteiger partial charge < -0.3 is 5.32 Å². The van der Waals surface area contributed by atoms with Crippen molar-refractivity contribution in [3.8, 4) is 6.07 Å². The number of hydrogen-bond donors (Lipinski definition) is 1. The first-order valence-corrected chi connectivity index (χ1v) is 6.15. The molecule has 0 radical (unpaired) electrons. The Morgan fingerprint density at radius 3 is 3.12 bits per heavy atom. The fraction of sp³-hybridized carbons (Fsp3) is 0.100. The van der Waals surface area contributed by atoms with Crippen LogP contribution in [-0.4, -0.2) is 10.2 Å². The molecular weight excluding hydrogens is 288 g/mol. The molecule has 2 aromatic heterocycles. The summed E-state index contributed by atoms with van der Waals surface area (Å²) in [4.78, 5) is 1.17. The Hall–Kier alpha value is -1.45. The van der Waals surface area contributed by atoms with E-state index in [1.54, 1.807) is 17.4 Å². The van der Waals surface area contributed by atoms with Crippen molar-refractivity contribution in [3.05, 3.63) is 38.6 Å². The predicted octanol–water partition coefficient (Wildman–Crippen LogP) is 2.78. The van der Waals surface area contributed by atoms with Gasteiger partial charge in [-0.3, -0.25) is 0 Å². The number of aromatic nitrogens is 2. The van der Waals surface area contributed by atoms with Crippen LogP contribution >= 0.6 is 27.3 Å². The van der Waals surface area contributed by atoms with Gasteiger partial charge in [-0.25, -0.2) is 0 Å². The quantitative estimate of drug-likeness (QED) is 0.945. The lowest BCUT2D eigenvalue weighted by Gasteiger charge is -2.03. The molecule has 16 heavy (non-hydrogen) atoms. The van der Waals surface area contributed by atoms with Crippen LogP contribution in [0.2, 0.25) is 0 Å². The van der Waals surface area contributed by atoms with Crippen molar-refractivity contribution in [2.75, 3.05) is 5.32 Å². The first kappa shape index (κ1) is 11.0. The molecule has 0 amide bonds. The molecule has 0 aliphatic rings. The summed E-state index contributed by atoms with van der Waals surface area (Å²) in [7, 11) is 0. The Morgan fingerprint density at radius 2 is 2.44 bits per heavy atom. The van der Waals surface area contributed by atoms with Crippen molar-refractivity contribution < 1.29 is 0 Å². The van der Waals surface area contributed by atoms with Crippen LogP contribution in [0.1, 0.15) is 10.4 Å². The standard InChI is InChI=1S/C10H7BrN4S/c11-8-3-9(16-6-8)5-13-10-7(4-12)1-2-14-15-10/h1-3,6H,5H2,(H,13,15). The average Bonchev–Trinajstić information content (AvgIpc) is 2.73. The summed E-state index contributed by atoms with van der Waals surface area (Å²) in [5.74, 6) is 0.523. The minimum absolute atomic E-state index is 0.505. The van der Waals surface area contributed by atoms with Crippen LogP contribution < -0.4 is 5.32 Å². The van der Waals surface area contributed by atoms with Crippen molar-refractivity contribution in [3.63, 3.8) is 0 Å². The number of anilines is 1. The second-order valence-electron chi connectivity index (χ2n) is 2.99. The normalized spacial score (nSPS) is 9.75. The lowest BCUT2D eigenvalue weighted by atomic mass is 10.3. The first-order chi connectivity index (χ1) is 7.79. The molecule has 0 spiro atoms. The van der Waals surface area contributed by atoms with Crippen LogP contribution in [0, 0.1) is 11.3 Å². The summed E-state index contributed by atoms with van der Waals surface area (Å²) < 4.78 is 1.06. The topological polar surface area (TPSA) is 61.6 Å². The molecule has 0 atom stereocenters. The molecule has 0 aliphatic carbocycles. The molecule has 80 valence electrons. The minimum atomic E-state index is 0.505. The number of nitriles is 1. The third kappa shape index (κ3) is 2.56. The summed E-state index contributed by atoms with van der Waals surface area (Å²) in [5.41, 5.74) is 0.505. The van der Waals surface area contributed by atoms with Crippen LogP contribution in [0.3, 0.4) is 0 Å². The van der Waals surface area contributed by atoms with E-state index >= 15 is 0 Å². The van der Waals surface area contributed by atoms with Crippen molar-refractivity contribution >= 4 is 33.1 Å². The highest BCUT2D eigenvalue weighted by molar-refractivity contribution is 9.10. The van der Waals surface area contributed by atoms with Crippen LogP contribution in [0.15, 0.2) is 28.2 Å². The van der Waals surface area contributed by atoms with E-state index in [0.717, 1.165) is 4.47 Å². The van der Waals surface area contributed by atoms with Gasteiger partial charge in [-0.05, 0) is 28.1 Å². The van der Waals surface area contributed by atoms with Gasteiger partial charge in [-0.1, -0.05) is 0 Å². The Bertz CT molecular complexity index is 532. The van der Waals surface area contributed by atoms with Gasteiger partial charge in [0.25, 0.3) is 0 Å². The van der Waals surface area contributed by atoms with Crippen molar-refractivity contribution in [2.45, 2.75) is 6.54 Å². The monoisotopic (exact) mass is 294 g/mol. The molecule has 0 saturated carbocycles. The molecule has 2 aromatic rings. The van der Waals surface area contributed by atoms with Crippen LogP contribution in [-0.2, 0) is 6.54 Å². The van der Waals surface area contributed by atoms with Gasteiger partial charge in [0.05, 0.1) is 18.3 Å². The summed E-state index contributed by atoms with van der Waals surface area (Å²) in [6.07, 6.45) is 1.51. The van der Waals surface area contributed by atoms with Gasteiger partial charge in [0.1, 0.15) is 6.07 Å². The highest BCUT2D eigenvalue weighted by Gasteiger charge is 2.03. The Morgan fingerprint density at radius 1 is 1.56 bits per heavy atom. The largest absolute Gasteiger partial charge is 0.363 e. The summed E-state index contributed by atoms with van der Waals surface area (Å²) in [6, 6.07) is 5.73. The molecule has 0 unspecified atom stereocenters. The summed E-state index contributed by atoms with van der Waals surface area (Å²) in [5, 5.41) is 21.6. The van der Waals surface area contributed by atoms with Crippen LogP contribution in [0.4, 0.5) is 5.82 Å². The average molecular weight is 295 g/mol. The van der Waals surface area contributed by atoms with E-state index in [1.807, 2.05) is 11.4 Å². The maximum Gasteiger partial charge on any atom is 0.166 e. The third-order valence-electron chi connectivity index (χ3n) is 1.89. The third-order valence-corrected chi connectivity index (χ3v) is 3.59. The van der Waals surface area contributed by atoms with Crippen LogP contribution in [0.25, 0.3) is 0 Å². The van der Waals surface area contributed by atoms with Gasteiger partial charge in [0.2, 0.25) is 0 Å². The van der Waals surface area contributed by atoms with Gasteiger partial charge in [0.15, 0.2) is 5.82 Å². The van der Waals surface area contributed by atoms with Crippen LogP contribution in [0.5, 0.6) is 0 Å². The fourth-order valence-electron chi connectivity index (χ4n) is 1.17. The second kappa shape index (κ2) is 5.05. The highest BCUT2D eigenvalue weighted by atomic mass is 79.9. The molecule has 0 bridgehead atoms. The molecular formula is C10H7BrN4S. The minimum Gasteiger partial charge on any atom is -0.363 e. The van der Waals surface area contributed by atoms with E-state index in [2.05, 4.69) is 37.5 Å². The highest BCUT2D eigenvalue weighted by Crippen LogP contribution is 2.20. The molecule has 1 N–H and O–H groups in total. The summed E-state index contributed by atoms with van der Waals surface area (Å²) in [6.45, 7) is 0.642. The number of nitrogens with one attached hydrogen (secondary N) is 1. The predicted molar refractivity (Wildman–Crippen MR) is 66.1 cm³/mol. The van der Waals surface area contributed by atoms with E-state index in [-0.39, 0.29) is 0 Å². The molecule has 6 heteroatoms. The molecule has 2 heterocycles. The van der Waals surface area contributed by atoms with E-state index < -0.39 is 0 Å². The molecule has 4 nitrogen and oxygen atoms in total. The van der Waals surface area contributed by atoms with E-state index in [9.17, 15) is 0 Å². The summed E-state index contributed by atoms with van der Waals surface area (Å²) >= 11 is 5.03. The molecule has 2 rings (SSSR count). The molecule has 0 fully saturated rings. The number of rotatable bonds is 3. The maximum absolute atomic E-state index is 8.86. The Balaban J connectivity index is 2.08. The molecule has 0 aliphatic heterocycles. The molecule has 0 aromatic carbocycles. The van der Waals surface area contributed by atoms with Crippen molar-refractivity contribution in [1.29, 1.82) is 5.26 Å². The van der Waals surface area contributed by atoms with Gasteiger partial charge in [-0.2, -0.15) is 10.4 Å². The van der Waals surface area contributed by atoms with Gasteiger partial charge in [0, 0.05) is 14.7 Å². The van der Waals surface area contributed by atoms with E-state index in [0.29, 0.717) is 17.9 Å². The zero-order chi connectivity index (χ0) is 11.4. The number of halogens is 1. The smallest absolute Gasteiger partial charge is 0.166 e. The zero-order valence-corrected chi connectivity index (χ0v) is 10.5. The Labute approximate surface area is 105 Å². The number of thiophene rings is 1. The first-order valence-electron chi connectivity index (χ1n) is 4.48. The SMILES string of the molecule is N#Cc1ccnnc1NCc1cc(Br)cs1. The lowest BCUT2D eigenvalue weighted by Crippen LogP contribution is -2.02. The second-order valence-corrected chi connectivity index (χ2v) is 4.90. The van der Waals surface area contributed by atoms with Gasteiger partial charge >= 0.3 is 0 Å². The fourth-order valence-corrected chi connectivity index (χ4v) is 2.56.